The van der Waals surface area contributed by atoms with E-state index in [1.807, 2.05) is 0 Å². The first-order valence-electron chi connectivity index (χ1n) is 7.75. The van der Waals surface area contributed by atoms with Gasteiger partial charge in [0.05, 0.1) is 0 Å². The zero-order chi connectivity index (χ0) is 15.4. The van der Waals surface area contributed by atoms with Crippen molar-refractivity contribution in [2.45, 2.75) is 66.2 Å². The molecule has 0 saturated heterocycles. The molecule has 0 spiro atoms. The van der Waals surface area contributed by atoms with E-state index < -0.39 is 0 Å². The molecule has 1 aromatic carbocycles. The van der Waals surface area contributed by atoms with Crippen molar-refractivity contribution in [3.8, 4) is 0 Å². The maximum Gasteiger partial charge on any atom is 0.181 e. The molecule has 0 aliphatic heterocycles. The zero-order valence-corrected chi connectivity index (χ0v) is 16.0. The molecule has 0 heterocycles. The first kappa shape index (κ1) is 20.9. The Hall–Kier alpha value is -0.0826. The van der Waals surface area contributed by atoms with Gasteiger partial charge in [-0.3, -0.25) is 4.79 Å². The summed E-state index contributed by atoms with van der Waals surface area (Å²) in [6, 6.07) is 4.52. The molecule has 21 heavy (non-hydrogen) atoms. The largest absolute Gasteiger partial charge is 0.289 e. The second-order valence-corrected chi connectivity index (χ2v) is 7.91. The van der Waals surface area contributed by atoms with E-state index in [1.165, 1.54) is 16.7 Å². The van der Waals surface area contributed by atoms with Crippen LogP contribution in [0.3, 0.4) is 0 Å². The van der Waals surface area contributed by atoms with Crippen molar-refractivity contribution in [1.82, 2.24) is 0 Å². The van der Waals surface area contributed by atoms with Crippen molar-refractivity contribution in [2.75, 3.05) is 6.16 Å². The van der Waals surface area contributed by atoms with Gasteiger partial charge in [-0.2, -0.15) is 0 Å². The van der Waals surface area contributed by atoms with Crippen LogP contribution in [0.4, 0.5) is 0 Å². The van der Waals surface area contributed by atoms with Gasteiger partial charge in [-0.25, -0.2) is 0 Å². The standard InChI is InChI=1S/C18H29OP.Li/c1-8-20-18(19)17-15(12(4)5)9-14(11(2)3)10-16(17)13(6)7;/h9-13,20H,8H2,1-7H3;. The second-order valence-electron chi connectivity index (χ2n) is 6.40. The van der Waals surface area contributed by atoms with Crippen molar-refractivity contribution in [2.24, 2.45) is 0 Å². The number of hydrogen-bond acceptors (Lipinski definition) is 1. The molecular formula is C18H29LiOP. The number of rotatable bonds is 6. The quantitative estimate of drug-likeness (QED) is 0.499. The van der Waals surface area contributed by atoms with E-state index in [0.717, 1.165) is 11.7 Å². The Morgan fingerprint density at radius 3 is 1.67 bits per heavy atom. The molecule has 0 saturated carbocycles. The normalized spacial score (nSPS) is 11.7. The third-order valence-electron chi connectivity index (χ3n) is 3.70. The van der Waals surface area contributed by atoms with Gasteiger partial charge in [-0.15, -0.1) is 0 Å². The smallest absolute Gasteiger partial charge is 0.181 e. The topological polar surface area (TPSA) is 17.1 Å². The molecule has 113 valence electrons. The molecule has 1 rings (SSSR count). The fraction of sp³-hybridized carbons (Fsp3) is 0.611. The van der Waals surface area contributed by atoms with E-state index in [4.69, 9.17) is 0 Å². The van der Waals surface area contributed by atoms with E-state index in [1.54, 1.807) is 0 Å². The number of benzene rings is 1. The molecule has 0 aromatic heterocycles. The SMILES string of the molecule is CCPC(=O)c1c(C(C)C)cc(C(C)C)cc1C(C)C.[Li]. The van der Waals surface area contributed by atoms with Crippen LogP contribution in [-0.4, -0.2) is 30.5 Å². The molecule has 1 aromatic rings. The van der Waals surface area contributed by atoms with Crippen LogP contribution in [-0.2, 0) is 0 Å². The van der Waals surface area contributed by atoms with E-state index in [2.05, 4.69) is 60.6 Å². The first-order chi connectivity index (χ1) is 9.29. The molecule has 0 N–H and O–H groups in total. The van der Waals surface area contributed by atoms with Crippen molar-refractivity contribution in [1.29, 1.82) is 0 Å². The summed E-state index contributed by atoms with van der Waals surface area (Å²) >= 11 is 0. The molecule has 1 unspecified atom stereocenters. The average Bonchev–Trinajstić information content (AvgIpc) is 2.36. The van der Waals surface area contributed by atoms with Gasteiger partial charge in [0.15, 0.2) is 5.52 Å². The predicted octanol–water partition coefficient (Wildman–Crippen LogP) is 5.51. The summed E-state index contributed by atoms with van der Waals surface area (Å²) in [5.41, 5.74) is 5.19. The third kappa shape index (κ3) is 5.24. The molecule has 0 amide bonds. The van der Waals surface area contributed by atoms with Gasteiger partial charge in [0.1, 0.15) is 0 Å². The van der Waals surface area contributed by atoms with Crippen LogP contribution in [0.25, 0.3) is 0 Å². The molecule has 0 aliphatic carbocycles. The molecule has 0 fully saturated rings. The maximum atomic E-state index is 12.6. The second kappa shape index (κ2) is 9.15. The summed E-state index contributed by atoms with van der Waals surface area (Å²) in [6.45, 7) is 15.3. The van der Waals surface area contributed by atoms with Gasteiger partial charge >= 0.3 is 0 Å². The summed E-state index contributed by atoms with van der Waals surface area (Å²) in [5.74, 6) is 1.29. The summed E-state index contributed by atoms with van der Waals surface area (Å²) in [6.07, 6.45) is 0.944. The van der Waals surface area contributed by atoms with Crippen LogP contribution in [0.5, 0.6) is 0 Å². The van der Waals surface area contributed by atoms with Gasteiger partial charge in [-0.1, -0.05) is 60.6 Å². The Morgan fingerprint density at radius 1 is 0.952 bits per heavy atom. The fourth-order valence-electron chi connectivity index (χ4n) is 2.47. The maximum absolute atomic E-state index is 12.6. The predicted molar refractivity (Wildman–Crippen MR) is 97.6 cm³/mol. The molecule has 1 atom stereocenters. The average molecular weight is 299 g/mol. The number of hydrogen-bond donors (Lipinski definition) is 0. The Bertz CT molecular complexity index is 449. The summed E-state index contributed by atoms with van der Waals surface area (Å²) < 4.78 is 0. The Morgan fingerprint density at radius 2 is 1.38 bits per heavy atom. The van der Waals surface area contributed by atoms with E-state index in [0.29, 0.717) is 31.9 Å². The summed E-state index contributed by atoms with van der Waals surface area (Å²) in [7, 11) is 0.397. The minimum Gasteiger partial charge on any atom is -0.289 e. The van der Waals surface area contributed by atoms with Gasteiger partial charge in [-0.05, 0) is 49.2 Å². The number of carbonyl (C=O) groups is 1. The van der Waals surface area contributed by atoms with E-state index >= 15 is 0 Å². The van der Waals surface area contributed by atoms with Crippen LogP contribution < -0.4 is 0 Å². The number of carbonyl (C=O) groups excluding carboxylic acids is 1. The molecule has 3 heteroatoms. The van der Waals surface area contributed by atoms with Crippen LogP contribution >= 0.6 is 8.58 Å². The van der Waals surface area contributed by atoms with Crippen LogP contribution in [0.15, 0.2) is 12.1 Å². The molecule has 0 aliphatic rings. The Balaban J connectivity index is 0.00000400. The summed E-state index contributed by atoms with van der Waals surface area (Å²) in [4.78, 5) is 12.6. The van der Waals surface area contributed by atoms with Crippen LogP contribution in [0.1, 0.15) is 93.3 Å². The Labute approximate surface area is 144 Å². The molecule has 0 bridgehead atoms. The van der Waals surface area contributed by atoms with Crippen molar-refractivity contribution < 1.29 is 4.79 Å². The third-order valence-corrected chi connectivity index (χ3v) is 4.62. The van der Waals surface area contributed by atoms with Crippen molar-refractivity contribution >= 4 is 33.0 Å². The van der Waals surface area contributed by atoms with Crippen molar-refractivity contribution in [3.05, 3.63) is 34.4 Å². The van der Waals surface area contributed by atoms with Crippen LogP contribution in [0.2, 0.25) is 0 Å². The van der Waals surface area contributed by atoms with Gasteiger partial charge in [0.2, 0.25) is 0 Å². The molecule has 1 nitrogen and oxygen atoms in total. The summed E-state index contributed by atoms with van der Waals surface area (Å²) in [5, 5.41) is 0. The van der Waals surface area contributed by atoms with Crippen LogP contribution in [0, 0.1) is 0 Å². The van der Waals surface area contributed by atoms with Gasteiger partial charge < -0.3 is 0 Å². The van der Waals surface area contributed by atoms with Gasteiger partial charge in [0.25, 0.3) is 0 Å². The minimum absolute atomic E-state index is 0. The monoisotopic (exact) mass is 299 g/mol. The Kier molecular flexibility index (Phi) is 9.11. The molecular weight excluding hydrogens is 270 g/mol. The zero-order valence-electron chi connectivity index (χ0n) is 15.0. The van der Waals surface area contributed by atoms with E-state index in [-0.39, 0.29) is 18.9 Å². The molecule has 1 radical (unpaired) electrons. The van der Waals surface area contributed by atoms with Gasteiger partial charge in [0, 0.05) is 24.4 Å². The first-order valence-corrected chi connectivity index (χ1v) is 8.96. The fourth-order valence-corrected chi connectivity index (χ4v) is 3.25. The van der Waals surface area contributed by atoms with Crippen molar-refractivity contribution in [3.63, 3.8) is 0 Å². The minimum atomic E-state index is 0. The van der Waals surface area contributed by atoms with E-state index in [9.17, 15) is 4.79 Å².